The lowest BCUT2D eigenvalue weighted by Crippen LogP contribution is -2.29. The summed E-state index contributed by atoms with van der Waals surface area (Å²) in [4.78, 5) is 4.52. The number of nitrogens with zero attached hydrogens (tertiary/aromatic N) is 3. The molecule has 0 spiro atoms. The Bertz CT molecular complexity index is 1130. The molecule has 1 aromatic heterocycles. The minimum absolute atomic E-state index is 0.151. The number of fused-ring (bicyclic) bond motifs is 1. The molecular formula is C20H21N3O5S. The first-order valence-electron chi connectivity index (χ1n) is 9.19. The molecule has 29 heavy (non-hydrogen) atoms. The van der Waals surface area contributed by atoms with Crippen LogP contribution in [0.15, 0.2) is 51.9 Å². The second-order valence-electron chi connectivity index (χ2n) is 6.77. The highest BCUT2D eigenvalue weighted by molar-refractivity contribution is 7.89. The third-order valence-electron chi connectivity index (χ3n) is 4.61. The van der Waals surface area contributed by atoms with Crippen LogP contribution in [0.25, 0.3) is 11.5 Å². The number of benzene rings is 2. The molecule has 0 radical (unpaired) electrons. The lowest BCUT2D eigenvalue weighted by Gasteiger charge is -2.21. The average molecular weight is 415 g/mol. The summed E-state index contributed by atoms with van der Waals surface area (Å²) in [6, 6.07) is 12.4. The third kappa shape index (κ3) is 4.10. The van der Waals surface area contributed by atoms with E-state index < -0.39 is 10.0 Å². The van der Waals surface area contributed by atoms with E-state index in [0.717, 1.165) is 11.1 Å². The number of aryl methyl sites for hydroxylation is 1. The Morgan fingerprint density at radius 1 is 1.07 bits per heavy atom. The quantitative estimate of drug-likeness (QED) is 0.611. The zero-order valence-corrected chi connectivity index (χ0v) is 17.0. The van der Waals surface area contributed by atoms with Crippen molar-refractivity contribution in [1.82, 2.24) is 14.4 Å². The van der Waals surface area contributed by atoms with Gasteiger partial charge in [-0.3, -0.25) is 0 Å². The second-order valence-corrected chi connectivity index (χ2v) is 8.81. The first-order valence-corrected chi connectivity index (χ1v) is 10.6. The number of aromatic nitrogens is 2. The van der Waals surface area contributed by atoms with E-state index in [1.54, 1.807) is 6.07 Å². The van der Waals surface area contributed by atoms with Gasteiger partial charge in [0.25, 0.3) is 5.89 Å². The van der Waals surface area contributed by atoms with Gasteiger partial charge in [0.15, 0.2) is 17.3 Å². The first-order chi connectivity index (χ1) is 13.9. The molecule has 1 aliphatic heterocycles. The number of likely N-dealkylation sites (N-methyl/N-ethyl adjacent to an activating group) is 1. The van der Waals surface area contributed by atoms with Gasteiger partial charge >= 0.3 is 0 Å². The molecule has 2 aromatic carbocycles. The number of rotatable bonds is 6. The predicted octanol–water partition coefficient (Wildman–Crippen LogP) is 2.68. The summed E-state index contributed by atoms with van der Waals surface area (Å²) in [5.41, 5.74) is 1.92. The van der Waals surface area contributed by atoms with Crippen LogP contribution < -0.4 is 9.47 Å². The largest absolute Gasteiger partial charge is 0.486 e. The number of sulfonamides is 1. The molecule has 0 aliphatic carbocycles. The summed E-state index contributed by atoms with van der Waals surface area (Å²) < 4.78 is 43.2. The molecule has 0 N–H and O–H groups in total. The zero-order chi connectivity index (χ0) is 20.4. The van der Waals surface area contributed by atoms with E-state index in [1.807, 2.05) is 31.2 Å². The van der Waals surface area contributed by atoms with Crippen LogP contribution in [0.3, 0.4) is 0 Å². The molecular weight excluding hydrogens is 394 g/mol. The van der Waals surface area contributed by atoms with Crippen molar-refractivity contribution in [2.75, 3.05) is 26.8 Å². The van der Waals surface area contributed by atoms with Crippen LogP contribution in [0.1, 0.15) is 11.4 Å². The van der Waals surface area contributed by atoms with E-state index in [2.05, 4.69) is 10.1 Å². The average Bonchev–Trinajstić information content (AvgIpc) is 3.20. The van der Waals surface area contributed by atoms with Gasteiger partial charge in [0.1, 0.15) is 13.2 Å². The van der Waals surface area contributed by atoms with E-state index in [1.165, 1.54) is 23.5 Å². The second kappa shape index (κ2) is 7.84. The summed E-state index contributed by atoms with van der Waals surface area (Å²) in [6.07, 6.45) is 0.329. The topological polar surface area (TPSA) is 94.8 Å². The molecule has 9 heteroatoms. The molecule has 0 saturated heterocycles. The highest BCUT2D eigenvalue weighted by atomic mass is 32.2. The SMILES string of the molecule is Cc1cccc(-c2nc(CCN(C)S(=O)(=O)c3ccc4c(c3)OCCO4)no2)c1. The van der Waals surface area contributed by atoms with Crippen molar-refractivity contribution >= 4 is 10.0 Å². The standard InChI is InChI=1S/C20H21N3O5S/c1-14-4-3-5-15(12-14)20-21-19(22-28-20)8-9-23(2)29(24,25)16-6-7-17-18(13-16)27-11-10-26-17/h3-7,12-13H,8-11H2,1-2H3. The number of hydrogen-bond donors (Lipinski definition) is 0. The van der Waals surface area contributed by atoms with E-state index >= 15 is 0 Å². The van der Waals surface area contributed by atoms with Crippen LogP contribution in [-0.4, -0.2) is 49.7 Å². The van der Waals surface area contributed by atoms with E-state index in [-0.39, 0.29) is 11.4 Å². The van der Waals surface area contributed by atoms with Gasteiger partial charge < -0.3 is 14.0 Å². The molecule has 152 valence electrons. The smallest absolute Gasteiger partial charge is 0.257 e. The summed E-state index contributed by atoms with van der Waals surface area (Å²) in [6.45, 7) is 3.05. The predicted molar refractivity (Wildman–Crippen MR) is 105 cm³/mol. The van der Waals surface area contributed by atoms with Gasteiger partial charge in [0, 0.05) is 31.6 Å². The van der Waals surface area contributed by atoms with Gasteiger partial charge in [-0.05, 0) is 31.2 Å². The Labute approximate surface area is 169 Å². The minimum atomic E-state index is -3.68. The number of hydrogen-bond acceptors (Lipinski definition) is 7. The van der Waals surface area contributed by atoms with Gasteiger partial charge in [-0.15, -0.1) is 0 Å². The van der Waals surface area contributed by atoms with Crippen molar-refractivity contribution < 1.29 is 22.4 Å². The molecule has 0 bridgehead atoms. The monoisotopic (exact) mass is 415 g/mol. The highest BCUT2D eigenvalue weighted by Gasteiger charge is 2.24. The highest BCUT2D eigenvalue weighted by Crippen LogP contribution is 2.33. The van der Waals surface area contributed by atoms with Gasteiger partial charge in [0.05, 0.1) is 4.90 Å². The molecule has 3 aromatic rings. The lowest BCUT2D eigenvalue weighted by molar-refractivity contribution is 0.171. The fourth-order valence-corrected chi connectivity index (χ4v) is 4.18. The maximum absolute atomic E-state index is 12.9. The zero-order valence-electron chi connectivity index (χ0n) is 16.2. The molecule has 0 unspecified atom stereocenters. The number of ether oxygens (including phenoxy) is 2. The van der Waals surface area contributed by atoms with Crippen LogP contribution in [-0.2, 0) is 16.4 Å². The molecule has 8 nitrogen and oxygen atoms in total. The molecule has 0 amide bonds. The van der Waals surface area contributed by atoms with Crippen molar-refractivity contribution in [1.29, 1.82) is 0 Å². The Morgan fingerprint density at radius 2 is 1.86 bits per heavy atom. The van der Waals surface area contributed by atoms with Gasteiger partial charge in [0.2, 0.25) is 10.0 Å². The van der Waals surface area contributed by atoms with Crippen LogP contribution in [0.4, 0.5) is 0 Å². The maximum Gasteiger partial charge on any atom is 0.257 e. The van der Waals surface area contributed by atoms with Crippen LogP contribution in [0, 0.1) is 6.92 Å². The Hall–Kier alpha value is -2.91. The van der Waals surface area contributed by atoms with Crippen molar-refractivity contribution in [3.63, 3.8) is 0 Å². The first kappa shape index (κ1) is 19.4. The van der Waals surface area contributed by atoms with Crippen molar-refractivity contribution in [2.45, 2.75) is 18.2 Å². The van der Waals surface area contributed by atoms with E-state index in [9.17, 15) is 8.42 Å². The summed E-state index contributed by atoms with van der Waals surface area (Å²) in [5.74, 6) is 1.85. The molecule has 0 fully saturated rings. The molecule has 4 rings (SSSR count). The van der Waals surface area contributed by atoms with Crippen LogP contribution >= 0.6 is 0 Å². The molecule has 0 saturated carbocycles. The van der Waals surface area contributed by atoms with Gasteiger partial charge in [-0.1, -0.05) is 22.9 Å². The summed E-state index contributed by atoms with van der Waals surface area (Å²) >= 11 is 0. The summed E-state index contributed by atoms with van der Waals surface area (Å²) in [7, 11) is -2.16. The Balaban J connectivity index is 1.45. The Morgan fingerprint density at radius 3 is 2.66 bits per heavy atom. The fourth-order valence-electron chi connectivity index (χ4n) is 2.99. The lowest BCUT2D eigenvalue weighted by atomic mass is 10.1. The van der Waals surface area contributed by atoms with Gasteiger partial charge in [-0.2, -0.15) is 4.98 Å². The van der Waals surface area contributed by atoms with Crippen molar-refractivity contribution in [2.24, 2.45) is 0 Å². The van der Waals surface area contributed by atoms with E-state index in [0.29, 0.717) is 42.8 Å². The maximum atomic E-state index is 12.9. The third-order valence-corrected chi connectivity index (χ3v) is 6.46. The molecule has 0 atom stereocenters. The van der Waals surface area contributed by atoms with Gasteiger partial charge in [-0.25, -0.2) is 12.7 Å². The minimum Gasteiger partial charge on any atom is -0.486 e. The fraction of sp³-hybridized carbons (Fsp3) is 0.300. The van der Waals surface area contributed by atoms with Crippen LogP contribution in [0.2, 0.25) is 0 Å². The Kier molecular flexibility index (Phi) is 5.25. The summed E-state index contributed by atoms with van der Waals surface area (Å²) in [5, 5.41) is 3.96. The van der Waals surface area contributed by atoms with E-state index in [4.69, 9.17) is 14.0 Å². The van der Waals surface area contributed by atoms with Crippen molar-refractivity contribution in [3.05, 3.63) is 53.9 Å². The molecule has 1 aliphatic rings. The van der Waals surface area contributed by atoms with Crippen LogP contribution in [0.5, 0.6) is 11.5 Å². The normalized spacial score (nSPS) is 13.6. The molecule has 2 heterocycles. The van der Waals surface area contributed by atoms with Crippen molar-refractivity contribution in [3.8, 4) is 23.0 Å².